The lowest BCUT2D eigenvalue weighted by Gasteiger charge is -2.23. The summed E-state index contributed by atoms with van der Waals surface area (Å²) in [5, 5.41) is 3.30. The Balaban J connectivity index is 2.57. The monoisotopic (exact) mass is 232 g/mol. The van der Waals surface area contributed by atoms with Gasteiger partial charge in [-0.15, -0.1) is 6.58 Å². The van der Waals surface area contributed by atoms with Crippen molar-refractivity contribution in [2.75, 3.05) is 25.4 Å². The van der Waals surface area contributed by atoms with E-state index >= 15 is 0 Å². The zero-order chi connectivity index (χ0) is 11.3. The van der Waals surface area contributed by atoms with Crippen molar-refractivity contribution in [2.24, 2.45) is 0 Å². The highest BCUT2D eigenvalue weighted by molar-refractivity contribution is 7.89. The number of nitrogens with zero attached hydrogens (tertiary/aromatic N) is 1. The molecule has 1 unspecified atom stereocenters. The summed E-state index contributed by atoms with van der Waals surface area (Å²) >= 11 is 0. The summed E-state index contributed by atoms with van der Waals surface area (Å²) in [6, 6.07) is 0.324. The molecular formula is C10H20N2O2S. The van der Waals surface area contributed by atoms with Gasteiger partial charge in [0.2, 0.25) is 10.0 Å². The first kappa shape index (κ1) is 12.7. The Bertz CT molecular complexity index is 295. The van der Waals surface area contributed by atoms with Gasteiger partial charge in [-0.3, -0.25) is 0 Å². The molecule has 1 atom stereocenters. The molecule has 0 saturated carbocycles. The maximum atomic E-state index is 11.8. The van der Waals surface area contributed by atoms with Crippen LogP contribution in [0.1, 0.15) is 19.8 Å². The summed E-state index contributed by atoms with van der Waals surface area (Å²) in [5.74, 6) is 0.0353. The van der Waals surface area contributed by atoms with Gasteiger partial charge in [0.1, 0.15) is 0 Å². The lowest BCUT2D eigenvalue weighted by molar-refractivity contribution is 0.384. The summed E-state index contributed by atoms with van der Waals surface area (Å²) in [7, 11) is -3.13. The molecule has 0 radical (unpaired) electrons. The van der Waals surface area contributed by atoms with Crippen molar-refractivity contribution in [3.05, 3.63) is 12.7 Å². The molecule has 1 aliphatic heterocycles. The van der Waals surface area contributed by atoms with Crippen LogP contribution < -0.4 is 5.32 Å². The first-order valence-electron chi connectivity index (χ1n) is 5.42. The SMILES string of the molecule is C=CCS(=O)(=O)N(CC)CC1CCCN1. The first-order valence-corrected chi connectivity index (χ1v) is 7.03. The molecule has 1 fully saturated rings. The van der Waals surface area contributed by atoms with E-state index in [9.17, 15) is 8.42 Å². The normalized spacial score (nSPS) is 22.1. The topological polar surface area (TPSA) is 49.4 Å². The number of hydrogen-bond donors (Lipinski definition) is 1. The Morgan fingerprint density at radius 1 is 1.60 bits per heavy atom. The molecule has 0 aliphatic carbocycles. The highest BCUT2D eigenvalue weighted by atomic mass is 32.2. The molecule has 5 heteroatoms. The van der Waals surface area contributed by atoms with Crippen LogP contribution in [0.25, 0.3) is 0 Å². The lowest BCUT2D eigenvalue weighted by Crippen LogP contribution is -2.41. The van der Waals surface area contributed by atoms with Crippen LogP contribution in [0.2, 0.25) is 0 Å². The second kappa shape index (κ2) is 5.63. The van der Waals surface area contributed by atoms with E-state index in [-0.39, 0.29) is 5.75 Å². The third-order valence-electron chi connectivity index (χ3n) is 2.66. The predicted molar refractivity (Wildman–Crippen MR) is 62.3 cm³/mol. The number of hydrogen-bond acceptors (Lipinski definition) is 3. The van der Waals surface area contributed by atoms with Crippen LogP contribution in [0.4, 0.5) is 0 Å². The van der Waals surface area contributed by atoms with Crippen molar-refractivity contribution in [1.29, 1.82) is 0 Å². The number of likely N-dealkylation sites (N-methyl/N-ethyl adjacent to an activating group) is 1. The van der Waals surface area contributed by atoms with Crippen LogP contribution in [0.5, 0.6) is 0 Å². The molecule has 0 bridgehead atoms. The fourth-order valence-corrected chi connectivity index (χ4v) is 3.16. The van der Waals surface area contributed by atoms with Gasteiger partial charge in [0.05, 0.1) is 5.75 Å². The van der Waals surface area contributed by atoms with E-state index in [4.69, 9.17) is 0 Å². The van der Waals surface area contributed by atoms with Crippen LogP contribution in [0.3, 0.4) is 0 Å². The summed E-state index contributed by atoms with van der Waals surface area (Å²) in [4.78, 5) is 0. The van der Waals surface area contributed by atoms with Crippen molar-refractivity contribution < 1.29 is 8.42 Å². The zero-order valence-electron chi connectivity index (χ0n) is 9.28. The molecule has 1 saturated heterocycles. The molecule has 4 nitrogen and oxygen atoms in total. The summed E-state index contributed by atoms with van der Waals surface area (Å²) in [5.41, 5.74) is 0. The minimum atomic E-state index is -3.13. The van der Waals surface area contributed by atoms with Gasteiger partial charge in [-0.1, -0.05) is 13.0 Å². The second-order valence-electron chi connectivity index (χ2n) is 3.81. The first-order chi connectivity index (χ1) is 7.10. The van der Waals surface area contributed by atoms with E-state index < -0.39 is 10.0 Å². The van der Waals surface area contributed by atoms with Crippen LogP contribution in [0, 0.1) is 0 Å². The van der Waals surface area contributed by atoms with Crippen molar-refractivity contribution >= 4 is 10.0 Å². The van der Waals surface area contributed by atoms with Crippen molar-refractivity contribution in [3.8, 4) is 0 Å². The smallest absolute Gasteiger partial charge is 0.217 e. The number of sulfonamides is 1. The Labute approximate surface area is 92.4 Å². The van der Waals surface area contributed by atoms with Gasteiger partial charge in [0, 0.05) is 19.1 Å². The summed E-state index contributed by atoms with van der Waals surface area (Å²) in [6.45, 7) is 7.47. The van der Waals surface area contributed by atoms with E-state index in [0.717, 1.165) is 19.4 Å². The van der Waals surface area contributed by atoms with E-state index in [1.54, 1.807) is 0 Å². The molecule has 0 aromatic heterocycles. The van der Waals surface area contributed by atoms with Crippen molar-refractivity contribution in [3.63, 3.8) is 0 Å². The minimum Gasteiger partial charge on any atom is -0.313 e. The van der Waals surface area contributed by atoms with Crippen LogP contribution in [0.15, 0.2) is 12.7 Å². The van der Waals surface area contributed by atoms with E-state index in [2.05, 4.69) is 11.9 Å². The van der Waals surface area contributed by atoms with Gasteiger partial charge < -0.3 is 5.32 Å². The van der Waals surface area contributed by atoms with Crippen LogP contribution in [-0.4, -0.2) is 44.2 Å². The Morgan fingerprint density at radius 2 is 2.33 bits per heavy atom. The van der Waals surface area contributed by atoms with Gasteiger partial charge in [0.15, 0.2) is 0 Å². The van der Waals surface area contributed by atoms with Crippen molar-refractivity contribution in [1.82, 2.24) is 9.62 Å². The molecule has 1 rings (SSSR count). The fourth-order valence-electron chi connectivity index (χ4n) is 1.85. The highest BCUT2D eigenvalue weighted by Crippen LogP contribution is 2.10. The number of rotatable bonds is 6. The van der Waals surface area contributed by atoms with E-state index in [0.29, 0.717) is 19.1 Å². The molecule has 1 heterocycles. The molecule has 1 N–H and O–H groups in total. The van der Waals surface area contributed by atoms with E-state index in [1.165, 1.54) is 10.4 Å². The molecule has 15 heavy (non-hydrogen) atoms. The maximum absolute atomic E-state index is 11.8. The summed E-state index contributed by atoms with van der Waals surface area (Å²) < 4.78 is 25.1. The molecule has 0 amide bonds. The Hall–Kier alpha value is -0.390. The van der Waals surface area contributed by atoms with Gasteiger partial charge >= 0.3 is 0 Å². The lowest BCUT2D eigenvalue weighted by atomic mass is 10.2. The third-order valence-corrected chi connectivity index (χ3v) is 4.51. The van der Waals surface area contributed by atoms with Gasteiger partial charge in [-0.25, -0.2) is 12.7 Å². The van der Waals surface area contributed by atoms with Gasteiger partial charge in [-0.2, -0.15) is 0 Å². The zero-order valence-corrected chi connectivity index (χ0v) is 10.1. The largest absolute Gasteiger partial charge is 0.313 e. The van der Waals surface area contributed by atoms with Crippen molar-refractivity contribution in [2.45, 2.75) is 25.8 Å². The van der Waals surface area contributed by atoms with E-state index in [1.807, 2.05) is 6.92 Å². The fraction of sp³-hybridized carbons (Fsp3) is 0.800. The Kier molecular flexibility index (Phi) is 4.76. The van der Waals surface area contributed by atoms with Gasteiger partial charge in [0.25, 0.3) is 0 Å². The highest BCUT2D eigenvalue weighted by Gasteiger charge is 2.24. The molecular weight excluding hydrogens is 212 g/mol. The second-order valence-corrected chi connectivity index (χ2v) is 5.82. The Morgan fingerprint density at radius 3 is 2.80 bits per heavy atom. The standard InChI is InChI=1S/C10H20N2O2S/c1-3-8-15(13,14)12(4-2)9-10-6-5-7-11-10/h3,10-11H,1,4-9H2,2H3. The average molecular weight is 232 g/mol. The summed E-state index contributed by atoms with van der Waals surface area (Å²) in [6.07, 6.45) is 3.66. The van der Waals surface area contributed by atoms with Crippen LogP contribution >= 0.6 is 0 Å². The predicted octanol–water partition coefficient (Wildman–Crippen LogP) is 0.576. The molecule has 1 aliphatic rings. The third kappa shape index (κ3) is 3.59. The van der Waals surface area contributed by atoms with Gasteiger partial charge in [-0.05, 0) is 19.4 Å². The minimum absolute atomic E-state index is 0.0353. The molecule has 0 spiro atoms. The molecule has 88 valence electrons. The molecule has 0 aromatic rings. The van der Waals surface area contributed by atoms with Crippen LogP contribution in [-0.2, 0) is 10.0 Å². The quantitative estimate of drug-likeness (QED) is 0.681. The average Bonchev–Trinajstić information content (AvgIpc) is 2.66. The molecule has 0 aromatic carbocycles. The number of nitrogens with one attached hydrogen (secondary N) is 1. The maximum Gasteiger partial charge on any atom is 0.217 e.